The zero-order valence-electron chi connectivity index (χ0n) is 14.6. The van der Waals surface area contributed by atoms with Crippen LogP contribution in [0.5, 0.6) is 0 Å². The third-order valence-electron chi connectivity index (χ3n) is 3.82. The molecule has 0 atom stereocenters. The summed E-state index contributed by atoms with van der Waals surface area (Å²) in [6, 6.07) is 12.5. The van der Waals surface area contributed by atoms with Crippen molar-refractivity contribution < 1.29 is 14.1 Å². The second kappa shape index (κ2) is 8.08. The fourth-order valence-corrected chi connectivity index (χ4v) is 2.44. The Morgan fingerprint density at radius 1 is 1.07 bits per heavy atom. The van der Waals surface area contributed by atoms with Gasteiger partial charge in [-0.2, -0.15) is 0 Å². The number of aryl methyl sites for hydroxylation is 1. The van der Waals surface area contributed by atoms with Crippen molar-refractivity contribution in [2.24, 2.45) is 0 Å². The molecule has 28 heavy (non-hydrogen) atoms. The van der Waals surface area contributed by atoms with Crippen LogP contribution in [-0.2, 0) is 0 Å². The highest BCUT2D eigenvalue weighted by Crippen LogP contribution is 2.31. The molecule has 1 aromatic heterocycles. The summed E-state index contributed by atoms with van der Waals surface area (Å²) in [5.74, 6) is -1.56. The van der Waals surface area contributed by atoms with Crippen LogP contribution in [0.25, 0.3) is 0 Å². The minimum absolute atomic E-state index is 0.0131. The van der Waals surface area contributed by atoms with Crippen LogP contribution >= 0.6 is 0 Å². The number of hydrogen-bond acceptors (Lipinski definition) is 7. The maximum atomic E-state index is 13.8. The van der Waals surface area contributed by atoms with Crippen LogP contribution in [0.2, 0.25) is 0 Å². The molecule has 3 N–H and O–H groups in total. The number of halogens is 1. The third kappa shape index (κ3) is 4.01. The van der Waals surface area contributed by atoms with Gasteiger partial charge in [0.1, 0.15) is 12.1 Å². The first-order chi connectivity index (χ1) is 13.5. The van der Waals surface area contributed by atoms with Crippen LogP contribution in [0.15, 0.2) is 54.9 Å². The zero-order valence-corrected chi connectivity index (χ0v) is 14.6. The normalized spacial score (nSPS) is 10.2. The second-order valence-electron chi connectivity index (χ2n) is 5.68. The molecule has 1 amide bonds. The number of carbonyl (C=O) groups excluding carboxylic acids is 1. The van der Waals surface area contributed by atoms with Gasteiger partial charge in [0.05, 0.1) is 10.6 Å². The molecule has 0 aliphatic carbocycles. The molecule has 0 aliphatic heterocycles. The molecule has 1 heterocycles. The largest absolute Gasteiger partial charge is 0.355 e. The summed E-state index contributed by atoms with van der Waals surface area (Å²) < 4.78 is 13.8. The summed E-state index contributed by atoms with van der Waals surface area (Å²) in [5.41, 5.74) is 5.41. The van der Waals surface area contributed by atoms with Gasteiger partial charge in [0.25, 0.3) is 5.91 Å². The molecule has 0 bridgehead atoms. The summed E-state index contributed by atoms with van der Waals surface area (Å²) >= 11 is 0. The smallest absolute Gasteiger partial charge is 0.332 e. The number of nitrogens with one attached hydrogen (secondary N) is 3. The Bertz CT molecular complexity index is 1040. The standard InChI is InChI=1S/C18H15FN6O3/c1-11-6-2-3-7-12(11)18(26)24-23-17-15(25(27)28)16(20-10-21-17)22-14-9-5-4-8-13(14)19/h2-10H,1H3,(H,24,26)(H2,20,21,22,23). The molecule has 0 radical (unpaired) electrons. The molecule has 142 valence electrons. The minimum atomic E-state index is -0.731. The van der Waals surface area contributed by atoms with E-state index in [4.69, 9.17) is 0 Å². The average Bonchev–Trinajstić information content (AvgIpc) is 2.68. The molecule has 10 heteroatoms. The fourth-order valence-electron chi connectivity index (χ4n) is 2.44. The van der Waals surface area contributed by atoms with Crippen LogP contribution in [0, 0.1) is 22.9 Å². The number of amides is 1. The van der Waals surface area contributed by atoms with Gasteiger partial charge in [-0.05, 0) is 30.7 Å². The Balaban J connectivity index is 1.85. The third-order valence-corrected chi connectivity index (χ3v) is 3.82. The summed E-state index contributed by atoms with van der Waals surface area (Å²) in [6.45, 7) is 1.76. The highest BCUT2D eigenvalue weighted by atomic mass is 19.1. The van der Waals surface area contributed by atoms with Crippen molar-refractivity contribution in [1.82, 2.24) is 15.4 Å². The summed E-state index contributed by atoms with van der Waals surface area (Å²) in [6.07, 6.45) is 1.05. The zero-order chi connectivity index (χ0) is 20.1. The van der Waals surface area contributed by atoms with Crippen molar-refractivity contribution in [1.29, 1.82) is 0 Å². The first-order valence-electron chi connectivity index (χ1n) is 8.10. The van der Waals surface area contributed by atoms with Crippen LogP contribution in [0.3, 0.4) is 0 Å². The highest BCUT2D eigenvalue weighted by Gasteiger charge is 2.24. The van der Waals surface area contributed by atoms with E-state index in [0.29, 0.717) is 5.56 Å². The molecule has 2 aromatic carbocycles. The Labute approximate surface area is 158 Å². The van der Waals surface area contributed by atoms with Gasteiger partial charge in [-0.3, -0.25) is 25.8 Å². The summed E-state index contributed by atoms with van der Waals surface area (Å²) in [4.78, 5) is 30.7. The Morgan fingerprint density at radius 3 is 2.46 bits per heavy atom. The van der Waals surface area contributed by atoms with E-state index < -0.39 is 22.3 Å². The van der Waals surface area contributed by atoms with E-state index in [1.54, 1.807) is 37.3 Å². The van der Waals surface area contributed by atoms with E-state index in [1.165, 1.54) is 18.2 Å². The molecule has 3 rings (SSSR count). The van der Waals surface area contributed by atoms with Gasteiger partial charge >= 0.3 is 5.69 Å². The molecule has 0 saturated carbocycles. The van der Waals surface area contributed by atoms with Gasteiger partial charge in [-0.15, -0.1) is 0 Å². The van der Waals surface area contributed by atoms with E-state index in [1.807, 2.05) is 0 Å². The van der Waals surface area contributed by atoms with Crippen LogP contribution in [0.1, 0.15) is 15.9 Å². The number of nitrogens with zero attached hydrogens (tertiary/aromatic N) is 3. The van der Waals surface area contributed by atoms with Crippen molar-refractivity contribution in [2.75, 3.05) is 10.7 Å². The van der Waals surface area contributed by atoms with Gasteiger partial charge in [0.2, 0.25) is 11.6 Å². The predicted molar refractivity (Wildman–Crippen MR) is 101 cm³/mol. The molecule has 3 aromatic rings. The van der Waals surface area contributed by atoms with E-state index in [0.717, 1.165) is 11.9 Å². The Hall–Kier alpha value is -4.08. The number of aromatic nitrogens is 2. The average molecular weight is 382 g/mol. The predicted octanol–water partition coefficient (Wildman–Crippen LogP) is 3.33. The molecular weight excluding hydrogens is 367 g/mol. The van der Waals surface area contributed by atoms with Gasteiger partial charge in [0.15, 0.2) is 0 Å². The van der Waals surface area contributed by atoms with Gasteiger partial charge in [-0.25, -0.2) is 14.4 Å². The lowest BCUT2D eigenvalue weighted by atomic mass is 10.1. The number of nitro groups is 1. The second-order valence-corrected chi connectivity index (χ2v) is 5.68. The maximum absolute atomic E-state index is 13.8. The summed E-state index contributed by atoms with van der Waals surface area (Å²) in [5, 5.41) is 14.1. The maximum Gasteiger partial charge on any atom is 0.355 e. The first-order valence-corrected chi connectivity index (χ1v) is 8.10. The van der Waals surface area contributed by atoms with Crippen molar-refractivity contribution in [3.8, 4) is 0 Å². The SMILES string of the molecule is Cc1ccccc1C(=O)NNc1ncnc(Nc2ccccc2F)c1[N+](=O)[O-]. The minimum Gasteiger partial charge on any atom is -0.332 e. The lowest BCUT2D eigenvalue weighted by Gasteiger charge is -2.12. The van der Waals surface area contributed by atoms with E-state index in [9.17, 15) is 19.3 Å². The van der Waals surface area contributed by atoms with Crippen molar-refractivity contribution in [3.63, 3.8) is 0 Å². The quantitative estimate of drug-likeness (QED) is 0.441. The van der Waals surface area contributed by atoms with Crippen molar-refractivity contribution in [3.05, 3.63) is 81.9 Å². The first kappa shape index (κ1) is 18.7. The fraction of sp³-hybridized carbons (Fsp3) is 0.0556. The lowest BCUT2D eigenvalue weighted by molar-refractivity contribution is -0.383. The molecule has 0 unspecified atom stereocenters. The van der Waals surface area contributed by atoms with Gasteiger partial charge < -0.3 is 5.32 Å². The van der Waals surface area contributed by atoms with Crippen LogP contribution < -0.4 is 16.2 Å². The number of hydrogen-bond donors (Lipinski definition) is 3. The molecular formula is C18H15FN6O3. The van der Waals surface area contributed by atoms with Crippen LogP contribution in [0.4, 0.5) is 27.4 Å². The van der Waals surface area contributed by atoms with Crippen molar-refractivity contribution in [2.45, 2.75) is 6.92 Å². The number of benzene rings is 2. The van der Waals surface area contributed by atoms with Gasteiger partial charge in [-0.1, -0.05) is 30.3 Å². The van der Waals surface area contributed by atoms with Crippen LogP contribution in [-0.4, -0.2) is 20.8 Å². The molecule has 0 saturated heterocycles. The molecule has 0 spiro atoms. The number of anilines is 3. The molecule has 9 nitrogen and oxygen atoms in total. The van der Waals surface area contributed by atoms with Crippen molar-refractivity contribution >= 4 is 28.9 Å². The molecule has 0 fully saturated rings. The summed E-state index contributed by atoms with van der Waals surface area (Å²) in [7, 11) is 0. The molecule has 0 aliphatic rings. The van der Waals surface area contributed by atoms with E-state index in [2.05, 4.69) is 26.1 Å². The monoisotopic (exact) mass is 382 g/mol. The van der Waals surface area contributed by atoms with E-state index >= 15 is 0 Å². The highest BCUT2D eigenvalue weighted by molar-refractivity contribution is 5.96. The van der Waals surface area contributed by atoms with Gasteiger partial charge in [0, 0.05) is 5.56 Å². The lowest BCUT2D eigenvalue weighted by Crippen LogP contribution is -2.30. The van der Waals surface area contributed by atoms with E-state index in [-0.39, 0.29) is 17.3 Å². The Morgan fingerprint density at radius 2 is 1.75 bits per heavy atom. The number of hydrazine groups is 1. The number of para-hydroxylation sites is 1. The number of carbonyl (C=O) groups is 1. The topological polar surface area (TPSA) is 122 Å². The number of rotatable bonds is 6. The Kier molecular flexibility index (Phi) is 5.40.